The molecule has 0 bridgehead atoms. The zero-order valence-corrected chi connectivity index (χ0v) is 26.4. The lowest BCUT2D eigenvalue weighted by Crippen LogP contribution is -2.31. The molecule has 1 N–H and O–H groups in total. The Morgan fingerprint density at radius 3 is 2.49 bits per heavy atom. The van der Waals surface area contributed by atoms with Gasteiger partial charge in [-0.2, -0.15) is 0 Å². The van der Waals surface area contributed by atoms with Gasteiger partial charge in [0.1, 0.15) is 29.9 Å². The molecule has 1 aliphatic heterocycles. The van der Waals surface area contributed by atoms with Gasteiger partial charge in [0.05, 0.1) is 40.5 Å². The second kappa shape index (κ2) is 13.6. The van der Waals surface area contributed by atoms with E-state index < -0.39 is 17.6 Å². The van der Waals surface area contributed by atoms with E-state index in [4.69, 9.17) is 9.47 Å². The zero-order chi connectivity index (χ0) is 33.9. The number of aryl methyl sites for hydroxylation is 1. The molecule has 1 fully saturated rings. The minimum Gasteiger partial charge on any atom is -0.478 e. The summed E-state index contributed by atoms with van der Waals surface area (Å²) in [5.74, 6) is 5.22. The molecule has 9 nitrogen and oxygen atoms in total. The molecule has 0 unspecified atom stereocenters. The number of rotatable bonds is 9. The number of carboxylic acids is 1. The lowest BCUT2D eigenvalue weighted by molar-refractivity contribution is -0.0589. The van der Waals surface area contributed by atoms with Crippen molar-refractivity contribution < 1.29 is 28.2 Å². The fraction of sp³-hybridized carbons (Fsp3) is 0.184. The number of imidazole rings is 1. The normalized spacial score (nSPS) is 13.8. The molecule has 3 aromatic carbocycles. The van der Waals surface area contributed by atoms with E-state index in [0.29, 0.717) is 35.8 Å². The quantitative estimate of drug-likeness (QED) is 0.175. The Balaban J connectivity index is 1.06. The second-order valence-corrected chi connectivity index (χ2v) is 11.6. The second-order valence-electron chi connectivity index (χ2n) is 11.6. The molecule has 0 radical (unpaired) electrons. The number of pyridine rings is 1. The number of nitrogens with zero attached hydrogens (tertiary/aromatic N) is 5. The van der Waals surface area contributed by atoms with Crippen molar-refractivity contribution in [2.75, 3.05) is 6.61 Å². The average Bonchev–Trinajstić information content (AvgIpc) is 3.43. The van der Waals surface area contributed by atoms with Crippen LogP contribution in [0.25, 0.3) is 22.3 Å². The van der Waals surface area contributed by atoms with E-state index in [1.54, 1.807) is 42.7 Å². The SMILES string of the molecule is Cc1ncc(C#Cc2ccc(COc3cccc(-c4cc(F)c(Cc5nc6ccc(C(=O)O)cc6n5C[C@@H]5CCO5)cc4F)n3)cc2)cn1. The van der Waals surface area contributed by atoms with Crippen LogP contribution < -0.4 is 4.74 Å². The van der Waals surface area contributed by atoms with Gasteiger partial charge in [-0.3, -0.25) is 0 Å². The van der Waals surface area contributed by atoms with Crippen molar-refractivity contribution in [2.24, 2.45) is 0 Å². The number of halogens is 2. The molecule has 1 atom stereocenters. The minimum atomic E-state index is -1.06. The molecular weight excluding hydrogens is 628 g/mol. The lowest BCUT2D eigenvalue weighted by atomic mass is 10.0. The third-order valence-electron chi connectivity index (χ3n) is 8.21. The van der Waals surface area contributed by atoms with Crippen LogP contribution in [0.1, 0.15) is 50.7 Å². The van der Waals surface area contributed by atoms with Gasteiger partial charge in [-0.05, 0) is 73.0 Å². The number of hydrogen-bond donors (Lipinski definition) is 1. The van der Waals surface area contributed by atoms with Gasteiger partial charge < -0.3 is 19.1 Å². The number of fused-ring (bicyclic) bond motifs is 1. The van der Waals surface area contributed by atoms with Gasteiger partial charge in [0.15, 0.2) is 0 Å². The highest BCUT2D eigenvalue weighted by molar-refractivity contribution is 5.92. The van der Waals surface area contributed by atoms with Crippen LogP contribution in [0.3, 0.4) is 0 Å². The molecule has 0 spiro atoms. The fourth-order valence-electron chi connectivity index (χ4n) is 5.45. The molecule has 6 aromatic rings. The number of aromatic nitrogens is 5. The first-order valence-corrected chi connectivity index (χ1v) is 15.6. The highest BCUT2D eigenvalue weighted by Gasteiger charge is 2.23. The maximum Gasteiger partial charge on any atom is 0.335 e. The molecular formula is C38H29F2N5O4. The molecule has 49 heavy (non-hydrogen) atoms. The summed E-state index contributed by atoms with van der Waals surface area (Å²) in [6.07, 6.45) is 4.14. The Morgan fingerprint density at radius 2 is 1.76 bits per heavy atom. The van der Waals surface area contributed by atoms with Crippen molar-refractivity contribution >= 4 is 17.0 Å². The Labute approximate surface area is 280 Å². The van der Waals surface area contributed by atoms with Gasteiger partial charge in [0, 0.05) is 42.6 Å². The first kappa shape index (κ1) is 31.6. The molecule has 4 heterocycles. The van der Waals surface area contributed by atoms with Crippen molar-refractivity contribution in [3.8, 4) is 29.0 Å². The first-order chi connectivity index (χ1) is 23.8. The van der Waals surface area contributed by atoms with Crippen molar-refractivity contribution in [3.05, 3.63) is 136 Å². The molecule has 3 aromatic heterocycles. The van der Waals surface area contributed by atoms with Crippen molar-refractivity contribution in [3.63, 3.8) is 0 Å². The van der Waals surface area contributed by atoms with Gasteiger partial charge in [-0.1, -0.05) is 30.0 Å². The number of aromatic carboxylic acids is 1. The Morgan fingerprint density at radius 1 is 0.980 bits per heavy atom. The topological polar surface area (TPSA) is 112 Å². The molecule has 0 aliphatic carbocycles. The molecule has 0 amide bonds. The van der Waals surface area contributed by atoms with Crippen LogP contribution in [0.5, 0.6) is 5.88 Å². The minimum absolute atomic E-state index is 0.00363. The smallest absolute Gasteiger partial charge is 0.335 e. The van der Waals surface area contributed by atoms with Gasteiger partial charge >= 0.3 is 5.97 Å². The third kappa shape index (κ3) is 7.15. The van der Waals surface area contributed by atoms with Crippen LogP contribution in [0.4, 0.5) is 8.78 Å². The van der Waals surface area contributed by atoms with Crippen molar-refractivity contribution in [2.45, 2.75) is 39.0 Å². The number of hydrogen-bond acceptors (Lipinski definition) is 7. The highest BCUT2D eigenvalue weighted by atomic mass is 19.1. The Bertz CT molecular complexity index is 2240. The van der Waals surface area contributed by atoms with E-state index in [1.165, 1.54) is 6.07 Å². The van der Waals surface area contributed by atoms with Gasteiger partial charge in [-0.25, -0.2) is 33.5 Å². The standard InChI is InChI=1S/C38H29F2N5O4/c1-23-41-19-26(20-42-23)10-7-24-5-8-25(9-6-24)22-49-37-4-2-3-33(44-37)30-18-31(39)28(15-32(30)40)17-36-43-34-12-11-27(38(46)47)16-35(34)45(36)21-29-13-14-48-29/h2-6,8-9,11-12,15-16,18-20,29H,13-14,17,21-22H2,1H3,(H,46,47)/t29-/m0/s1. The van der Waals surface area contributed by atoms with E-state index >= 15 is 8.78 Å². The van der Waals surface area contributed by atoms with Crippen LogP contribution in [-0.2, 0) is 24.3 Å². The molecule has 1 aliphatic rings. The maximum atomic E-state index is 15.6. The van der Waals surface area contributed by atoms with Crippen LogP contribution in [0.2, 0.25) is 0 Å². The summed E-state index contributed by atoms with van der Waals surface area (Å²) in [4.78, 5) is 29.0. The van der Waals surface area contributed by atoms with Gasteiger partial charge in [0.2, 0.25) is 5.88 Å². The highest BCUT2D eigenvalue weighted by Crippen LogP contribution is 2.29. The largest absolute Gasteiger partial charge is 0.478 e. The summed E-state index contributed by atoms with van der Waals surface area (Å²) in [7, 11) is 0. The predicted octanol–water partition coefficient (Wildman–Crippen LogP) is 6.53. The van der Waals surface area contributed by atoms with Crippen LogP contribution in [0.15, 0.2) is 85.2 Å². The van der Waals surface area contributed by atoms with E-state index in [9.17, 15) is 9.90 Å². The summed E-state index contributed by atoms with van der Waals surface area (Å²) in [5, 5.41) is 9.50. The Hall–Kier alpha value is -5.99. The third-order valence-corrected chi connectivity index (χ3v) is 8.21. The number of benzene rings is 3. The summed E-state index contributed by atoms with van der Waals surface area (Å²) < 4.78 is 44.5. The number of ether oxygens (including phenoxy) is 2. The zero-order valence-electron chi connectivity index (χ0n) is 26.4. The van der Waals surface area contributed by atoms with Crippen molar-refractivity contribution in [1.29, 1.82) is 0 Å². The van der Waals surface area contributed by atoms with E-state index in [2.05, 4.69) is 31.8 Å². The summed E-state index contributed by atoms with van der Waals surface area (Å²) in [6.45, 7) is 3.10. The van der Waals surface area contributed by atoms with Gasteiger partial charge in [0.25, 0.3) is 0 Å². The molecule has 11 heteroatoms. The van der Waals surface area contributed by atoms with Crippen LogP contribution >= 0.6 is 0 Å². The molecule has 7 rings (SSSR count). The summed E-state index contributed by atoms with van der Waals surface area (Å²) in [6, 6.07) is 19.4. The summed E-state index contributed by atoms with van der Waals surface area (Å²) >= 11 is 0. The Kier molecular flexibility index (Phi) is 8.79. The number of carboxylic acid groups (broad SMARTS) is 1. The fourth-order valence-corrected chi connectivity index (χ4v) is 5.45. The van der Waals surface area contributed by atoms with E-state index in [0.717, 1.165) is 35.2 Å². The molecule has 1 saturated heterocycles. The summed E-state index contributed by atoms with van der Waals surface area (Å²) in [5.41, 5.74) is 4.04. The maximum absolute atomic E-state index is 15.6. The van der Waals surface area contributed by atoms with Crippen LogP contribution in [-0.4, -0.2) is 48.3 Å². The van der Waals surface area contributed by atoms with Crippen molar-refractivity contribution in [1.82, 2.24) is 24.5 Å². The lowest BCUT2D eigenvalue weighted by Gasteiger charge is -2.27. The monoisotopic (exact) mass is 657 g/mol. The predicted molar refractivity (Wildman–Crippen MR) is 177 cm³/mol. The van der Waals surface area contributed by atoms with Crippen LogP contribution in [0, 0.1) is 30.4 Å². The average molecular weight is 658 g/mol. The molecule has 0 saturated carbocycles. The first-order valence-electron chi connectivity index (χ1n) is 15.6. The van der Waals surface area contributed by atoms with E-state index in [-0.39, 0.29) is 47.4 Å². The molecule has 244 valence electrons. The van der Waals surface area contributed by atoms with Gasteiger partial charge in [-0.15, -0.1) is 0 Å². The number of carbonyl (C=O) groups is 1. The van der Waals surface area contributed by atoms with E-state index in [1.807, 2.05) is 35.8 Å².